The van der Waals surface area contributed by atoms with Gasteiger partial charge in [-0.2, -0.15) is 0 Å². The molecule has 24 heavy (non-hydrogen) atoms. The van der Waals surface area contributed by atoms with Crippen LogP contribution in [0.2, 0.25) is 0 Å². The Hall–Kier alpha value is -2.41. The highest BCUT2D eigenvalue weighted by Crippen LogP contribution is 2.29. The maximum Gasteiger partial charge on any atom is 0.185 e. The Kier molecular flexibility index (Phi) is 5.10. The number of Topliss-reactive ketones (excluding diaryl/α,β-unsaturated/α-hetero) is 1. The lowest BCUT2D eigenvalue weighted by Gasteiger charge is -2.00. The van der Waals surface area contributed by atoms with Gasteiger partial charge in [0.1, 0.15) is 0 Å². The third-order valence-corrected chi connectivity index (χ3v) is 4.70. The van der Waals surface area contributed by atoms with Crippen molar-refractivity contribution in [3.8, 4) is 0 Å². The van der Waals surface area contributed by atoms with Crippen molar-refractivity contribution in [1.29, 1.82) is 0 Å². The molecule has 0 aromatic heterocycles. The predicted octanol–water partition coefficient (Wildman–Crippen LogP) is 5.64. The minimum atomic E-state index is 0.203. The standard InChI is InChI=1S/C23H24O/c1-3-17-5-9-19(10-6-17)15-21-13-14-22(23(21)24)16-20-11-7-18(4-2)8-12-20/h5-12,15-16H,3-4,13-14H2,1-2H3/b21-15+,22-16+. The Balaban J connectivity index is 1.78. The van der Waals surface area contributed by atoms with Gasteiger partial charge in [-0.1, -0.05) is 62.4 Å². The van der Waals surface area contributed by atoms with Crippen LogP contribution in [0, 0.1) is 0 Å². The Morgan fingerprint density at radius 3 is 1.42 bits per heavy atom. The van der Waals surface area contributed by atoms with E-state index in [0.717, 1.165) is 48.0 Å². The lowest BCUT2D eigenvalue weighted by molar-refractivity contribution is -0.111. The average Bonchev–Trinajstić information content (AvgIpc) is 2.96. The largest absolute Gasteiger partial charge is 0.289 e. The van der Waals surface area contributed by atoms with Crippen molar-refractivity contribution in [1.82, 2.24) is 0 Å². The van der Waals surface area contributed by atoms with Crippen molar-refractivity contribution in [3.05, 3.63) is 81.9 Å². The number of hydrogen-bond donors (Lipinski definition) is 0. The molecule has 0 heterocycles. The van der Waals surface area contributed by atoms with Crippen LogP contribution < -0.4 is 0 Å². The van der Waals surface area contributed by atoms with Gasteiger partial charge in [0.25, 0.3) is 0 Å². The number of hydrogen-bond acceptors (Lipinski definition) is 1. The maximum absolute atomic E-state index is 12.6. The molecule has 1 heteroatoms. The molecule has 0 aliphatic heterocycles. The first-order valence-electron chi connectivity index (χ1n) is 8.83. The number of benzene rings is 2. The van der Waals surface area contributed by atoms with E-state index < -0.39 is 0 Å². The molecule has 0 atom stereocenters. The van der Waals surface area contributed by atoms with Crippen LogP contribution in [0.3, 0.4) is 0 Å². The van der Waals surface area contributed by atoms with Crippen molar-refractivity contribution in [2.75, 3.05) is 0 Å². The molecule has 2 aromatic rings. The number of aryl methyl sites for hydroxylation is 2. The van der Waals surface area contributed by atoms with Crippen molar-refractivity contribution < 1.29 is 4.79 Å². The number of carbonyl (C=O) groups excluding carboxylic acids is 1. The van der Waals surface area contributed by atoms with E-state index in [0.29, 0.717) is 0 Å². The molecule has 0 saturated heterocycles. The van der Waals surface area contributed by atoms with Crippen molar-refractivity contribution in [2.24, 2.45) is 0 Å². The molecule has 0 spiro atoms. The van der Waals surface area contributed by atoms with E-state index in [1.807, 2.05) is 12.2 Å². The second-order valence-corrected chi connectivity index (χ2v) is 6.36. The Labute approximate surface area is 144 Å². The van der Waals surface area contributed by atoms with Crippen LogP contribution in [-0.2, 0) is 17.6 Å². The normalized spacial score (nSPS) is 17.8. The topological polar surface area (TPSA) is 17.1 Å². The third-order valence-electron chi connectivity index (χ3n) is 4.70. The molecule has 3 rings (SSSR count). The highest BCUT2D eigenvalue weighted by atomic mass is 16.1. The zero-order valence-corrected chi connectivity index (χ0v) is 14.5. The van der Waals surface area contributed by atoms with Gasteiger partial charge in [-0.25, -0.2) is 0 Å². The summed E-state index contributed by atoms with van der Waals surface area (Å²) in [5.41, 5.74) is 6.73. The smallest absolute Gasteiger partial charge is 0.185 e. The summed E-state index contributed by atoms with van der Waals surface area (Å²) in [6.07, 6.45) is 7.85. The molecular weight excluding hydrogens is 292 g/mol. The van der Waals surface area contributed by atoms with E-state index in [-0.39, 0.29) is 5.78 Å². The fourth-order valence-corrected chi connectivity index (χ4v) is 3.08. The van der Waals surface area contributed by atoms with E-state index in [1.54, 1.807) is 0 Å². The predicted molar refractivity (Wildman–Crippen MR) is 102 cm³/mol. The summed E-state index contributed by atoms with van der Waals surface area (Å²) in [6.45, 7) is 4.30. The fourth-order valence-electron chi connectivity index (χ4n) is 3.08. The molecule has 1 saturated carbocycles. The van der Waals surface area contributed by atoms with Gasteiger partial charge in [0.15, 0.2) is 5.78 Å². The highest BCUT2D eigenvalue weighted by Gasteiger charge is 2.22. The van der Waals surface area contributed by atoms with Gasteiger partial charge < -0.3 is 0 Å². The number of rotatable bonds is 4. The van der Waals surface area contributed by atoms with E-state index in [4.69, 9.17) is 0 Å². The summed E-state index contributed by atoms with van der Waals surface area (Å²) >= 11 is 0. The molecule has 1 aliphatic carbocycles. The first-order chi connectivity index (χ1) is 11.7. The number of allylic oxidation sites excluding steroid dienone is 2. The molecule has 0 unspecified atom stereocenters. The van der Waals surface area contributed by atoms with Crippen LogP contribution in [-0.4, -0.2) is 5.78 Å². The van der Waals surface area contributed by atoms with Gasteiger partial charge >= 0.3 is 0 Å². The van der Waals surface area contributed by atoms with Gasteiger partial charge in [0.05, 0.1) is 0 Å². The Bertz CT molecular complexity index is 706. The second kappa shape index (κ2) is 7.44. The van der Waals surface area contributed by atoms with E-state index in [1.165, 1.54) is 11.1 Å². The summed E-state index contributed by atoms with van der Waals surface area (Å²) in [4.78, 5) is 12.6. The van der Waals surface area contributed by atoms with Crippen molar-refractivity contribution in [2.45, 2.75) is 39.5 Å². The van der Waals surface area contributed by atoms with Crippen LogP contribution >= 0.6 is 0 Å². The minimum Gasteiger partial charge on any atom is -0.289 e. The molecular formula is C23H24O. The highest BCUT2D eigenvalue weighted by molar-refractivity contribution is 6.15. The first-order valence-corrected chi connectivity index (χ1v) is 8.83. The average molecular weight is 316 g/mol. The maximum atomic E-state index is 12.6. The van der Waals surface area contributed by atoms with Crippen molar-refractivity contribution >= 4 is 17.9 Å². The summed E-state index contributed by atoms with van der Waals surface area (Å²) in [5, 5.41) is 0. The first kappa shape index (κ1) is 16.4. The molecule has 0 radical (unpaired) electrons. The molecule has 0 amide bonds. The molecule has 1 fully saturated rings. The van der Waals surface area contributed by atoms with E-state index in [9.17, 15) is 4.79 Å². The summed E-state index contributed by atoms with van der Waals surface area (Å²) in [7, 11) is 0. The minimum absolute atomic E-state index is 0.203. The van der Waals surface area contributed by atoms with Gasteiger partial charge in [0.2, 0.25) is 0 Å². The molecule has 2 aromatic carbocycles. The molecule has 0 N–H and O–H groups in total. The Morgan fingerprint density at radius 2 is 1.08 bits per heavy atom. The van der Waals surface area contributed by atoms with Gasteiger partial charge in [-0.05, 0) is 60.1 Å². The number of ketones is 1. The monoisotopic (exact) mass is 316 g/mol. The van der Waals surface area contributed by atoms with E-state index in [2.05, 4.69) is 62.4 Å². The lowest BCUT2D eigenvalue weighted by Crippen LogP contribution is -1.95. The van der Waals surface area contributed by atoms with Crippen LogP contribution in [0.4, 0.5) is 0 Å². The summed E-state index contributed by atoms with van der Waals surface area (Å²) < 4.78 is 0. The van der Waals surface area contributed by atoms with Gasteiger partial charge in [0, 0.05) is 11.1 Å². The lowest BCUT2D eigenvalue weighted by atomic mass is 10.0. The molecule has 0 bridgehead atoms. The SMILES string of the molecule is CCc1ccc(/C=C2\CC/C(=C\c3ccc(CC)cc3)C2=O)cc1. The zero-order chi connectivity index (χ0) is 16.9. The molecule has 1 aliphatic rings. The zero-order valence-electron chi connectivity index (χ0n) is 14.5. The van der Waals surface area contributed by atoms with Crippen LogP contribution in [0.5, 0.6) is 0 Å². The third kappa shape index (κ3) is 3.73. The Morgan fingerprint density at radius 1 is 0.708 bits per heavy atom. The van der Waals surface area contributed by atoms with Crippen LogP contribution in [0.1, 0.15) is 48.9 Å². The summed E-state index contributed by atoms with van der Waals surface area (Å²) in [5.74, 6) is 0.203. The van der Waals surface area contributed by atoms with Crippen LogP contribution in [0.15, 0.2) is 59.7 Å². The van der Waals surface area contributed by atoms with Gasteiger partial charge in [-0.3, -0.25) is 4.79 Å². The van der Waals surface area contributed by atoms with E-state index >= 15 is 0 Å². The van der Waals surface area contributed by atoms with Crippen LogP contribution in [0.25, 0.3) is 12.2 Å². The fraction of sp³-hybridized carbons (Fsp3) is 0.261. The quantitative estimate of drug-likeness (QED) is 0.667. The van der Waals surface area contributed by atoms with Gasteiger partial charge in [-0.15, -0.1) is 0 Å². The summed E-state index contributed by atoms with van der Waals surface area (Å²) in [6, 6.07) is 17.0. The van der Waals surface area contributed by atoms with Crippen molar-refractivity contribution in [3.63, 3.8) is 0 Å². The molecule has 122 valence electrons. The second-order valence-electron chi connectivity index (χ2n) is 6.36. The molecule has 1 nitrogen and oxygen atoms in total. The number of carbonyl (C=O) groups is 1.